The van der Waals surface area contributed by atoms with Crippen molar-refractivity contribution in [1.29, 1.82) is 0 Å². The van der Waals surface area contributed by atoms with Crippen LogP contribution in [0.25, 0.3) is 6.08 Å². The van der Waals surface area contributed by atoms with Crippen LogP contribution in [0.4, 0.5) is 19.0 Å². The Morgan fingerprint density at radius 3 is 2.73 bits per heavy atom. The minimum Gasteiger partial charge on any atom is -0.487 e. The van der Waals surface area contributed by atoms with Gasteiger partial charge in [0.05, 0.1) is 17.5 Å². The average molecular weight is 605 g/mol. The summed E-state index contributed by atoms with van der Waals surface area (Å²) in [5, 5.41) is 5.63. The molecule has 7 rings (SSSR count). The van der Waals surface area contributed by atoms with Crippen LogP contribution in [-0.2, 0) is 17.4 Å². The van der Waals surface area contributed by atoms with E-state index >= 15 is 0 Å². The number of fused-ring (bicyclic) bond motifs is 4. The standard InChI is InChI=1S/C33H31F3N4O4/c1-2-40-13-10-18(11-14-40)15-19-3-4-20(16-24(19)33(34,35)36)32(42)39-29-28-23-17-21(5-7-25(23)44-30(28)29)43-26-9-12-37-31-22(26)6-8-27(41)38-31/h3-5,7,9,12,15-17,28-30H,2,6,8,10-11,13-14H2,1H3,(H,39,42)(H,37,38,41)/t28-,29?,30?/m0/s1. The number of nitrogens with one attached hydrogen (secondary N) is 2. The minimum absolute atomic E-state index is 0.0443. The molecule has 0 bridgehead atoms. The molecule has 2 fully saturated rings. The van der Waals surface area contributed by atoms with E-state index in [2.05, 4.69) is 27.4 Å². The molecule has 4 aliphatic rings. The molecule has 3 aromatic rings. The van der Waals surface area contributed by atoms with E-state index in [-0.39, 0.29) is 35.1 Å². The first-order valence-electron chi connectivity index (χ1n) is 14.9. The van der Waals surface area contributed by atoms with Crippen molar-refractivity contribution in [2.45, 2.75) is 56.8 Å². The summed E-state index contributed by atoms with van der Waals surface area (Å²) < 4.78 is 54.4. The number of rotatable bonds is 6. The number of carbonyl (C=O) groups is 2. The molecule has 3 atom stereocenters. The number of anilines is 1. The van der Waals surface area contributed by atoms with E-state index in [9.17, 15) is 22.8 Å². The Bertz CT molecular complexity index is 1680. The lowest BCUT2D eigenvalue weighted by Gasteiger charge is -2.27. The van der Waals surface area contributed by atoms with Crippen LogP contribution in [-0.4, -0.2) is 53.5 Å². The molecular formula is C33H31F3N4O4. The second-order valence-electron chi connectivity index (χ2n) is 11.6. The van der Waals surface area contributed by atoms with Crippen molar-refractivity contribution in [3.05, 3.63) is 82.1 Å². The molecule has 0 radical (unpaired) electrons. The maximum Gasteiger partial charge on any atom is 0.417 e. The van der Waals surface area contributed by atoms with E-state index in [0.717, 1.165) is 55.2 Å². The van der Waals surface area contributed by atoms with Crippen LogP contribution < -0.4 is 20.1 Å². The zero-order valence-electron chi connectivity index (χ0n) is 24.0. The number of carbonyl (C=O) groups excluding carboxylic acids is 2. The van der Waals surface area contributed by atoms with Gasteiger partial charge >= 0.3 is 6.18 Å². The number of amides is 2. The molecule has 4 heterocycles. The minimum atomic E-state index is -4.60. The Kier molecular flexibility index (Phi) is 7.07. The Hall–Kier alpha value is -4.38. The van der Waals surface area contributed by atoms with Crippen molar-refractivity contribution in [3.8, 4) is 17.2 Å². The van der Waals surface area contributed by atoms with Gasteiger partial charge in [-0.25, -0.2) is 4.98 Å². The molecule has 1 saturated heterocycles. The van der Waals surface area contributed by atoms with Crippen LogP contribution in [0.1, 0.15) is 64.7 Å². The van der Waals surface area contributed by atoms with E-state index in [4.69, 9.17) is 9.47 Å². The summed E-state index contributed by atoms with van der Waals surface area (Å²) in [6.45, 7) is 4.66. The van der Waals surface area contributed by atoms with E-state index in [1.54, 1.807) is 30.5 Å². The molecule has 0 spiro atoms. The first-order chi connectivity index (χ1) is 21.2. The van der Waals surface area contributed by atoms with Gasteiger partial charge in [-0.3, -0.25) is 9.59 Å². The number of likely N-dealkylation sites (tertiary alicyclic amines) is 1. The van der Waals surface area contributed by atoms with E-state index < -0.39 is 17.6 Å². The third-order valence-electron chi connectivity index (χ3n) is 8.88. The third-order valence-corrected chi connectivity index (χ3v) is 8.88. The van der Waals surface area contributed by atoms with Gasteiger partial charge in [0.25, 0.3) is 5.91 Å². The molecular weight excluding hydrogens is 573 g/mol. The average Bonchev–Trinajstić information content (AvgIpc) is 3.53. The Balaban J connectivity index is 1.05. The molecule has 228 valence electrons. The number of benzene rings is 2. The van der Waals surface area contributed by atoms with Crippen LogP contribution in [0.5, 0.6) is 17.2 Å². The Morgan fingerprint density at radius 1 is 1.14 bits per heavy atom. The molecule has 2 aromatic carbocycles. The lowest BCUT2D eigenvalue weighted by Crippen LogP contribution is -2.30. The van der Waals surface area contributed by atoms with Crippen molar-refractivity contribution in [3.63, 3.8) is 0 Å². The summed E-state index contributed by atoms with van der Waals surface area (Å²) >= 11 is 0. The summed E-state index contributed by atoms with van der Waals surface area (Å²) in [6, 6.07) is 10.6. The van der Waals surface area contributed by atoms with Gasteiger partial charge in [-0.15, -0.1) is 0 Å². The molecule has 1 aliphatic carbocycles. The maximum absolute atomic E-state index is 14.1. The van der Waals surface area contributed by atoms with Crippen molar-refractivity contribution < 1.29 is 32.2 Å². The predicted octanol–water partition coefficient (Wildman–Crippen LogP) is 5.93. The smallest absolute Gasteiger partial charge is 0.417 e. The predicted molar refractivity (Wildman–Crippen MR) is 157 cm³/mol. The number of ether oxygens (including phenoxy) is 2. The molecule has 1 saturated carbocycles. The van der Waals surface area contributed by atoms with Crippen LogP contribution in [0.15, 0.2) is 54.2 Å². The van der Waals surface area contributed by atoms with Crippen molar-refractivity contribution >= 4 is 23.7 Å². The summed E-state index contributed by atoms with van der Waals surface area (Å²) in [4.78, 5) is 31.4. The fraction of sp³-hybridized carbons (Fsp3) is 0.364. The quantitative estimate of drug-likeness (QED) is 0.362. The van der Waals surface area contributed by atoms with Gasteiger partial charge in [0, 0.05) is 42.4 Å². The highest BCUT2D eigenvalue weighted by atomic mass is 19.4. The molecule has 8 nitrogen and oxygen atoms in total. The highest BCUT2D eigenvalue weighted by Crippen LogP contribution is 2.54. The third kappa shape index (κ3) is 5.40. The van der Waals surface area contributed by atoms with Crippen LogP contribution >= 0.6 is 0 Å². The number of nitrogens with zero attached hydrogens (tertiary/aromatic N) is 2. The highest BCUT2D eigenvalue weighted by Gasteiger charge is 2.59. The topological polar surface area (TPSA) is 92.8 Å². The largest absolute Gasteiger partial charge is 0.487 e. The van der Waals surface area contributed by atoms with Gasteiger partial charge in [-0.2, -0.15) is 13.2 Å². The molecule has 2 unspecified atom stereocenters. The second kappa shape index (κ2) is 11.0. The van der Waals surface area contributed by atoms with Gasteiger partial charge in [0.2, 0.25) is 5.91 Å². The number of piperidine rings is 1. The monoisotopic (exact) mass is 604 g/mol. The molecule has 11 heteroatoms. The van der Waals surface area contributed by atoms with Gasteiger partial charge in [-0.1, -0.05) is 24.6 Å². The van der Waals surface area contributed by atoms with Crippen molar-refractivity contribution in [1.82, 2.24) is 15.2 Å². The fourth-order valence-corrected chi connectivity index (χ4v) is 6.38. The number of aromatic nitrogens is 1. The number of halogens is 3. The Morgan fingerprint density at radius 2 is 1.95 bits per heavy atom. The van der Waals surface area contributed by atoms with Crippen LogP contribution in [0, 0.1) is 0 Å². The van der Waals surface area contributed by atoms with Gasteiger partial charge in [-0.05, 0) is 67.8 Å². The summed E-state index contributed by atoms with van der Waals surface area (Å²) in [6.07, 6.45) is 0.635. The number of pyridine rings is 1. The Labute approximate surface area is 252 Å². The number of alkyl halides is 3. The van der Waals surface area contributed by atoms with E-state index in [1.807, 2.05) is 6.07 Å². The number of hydrogen-bond donors (Lipinski definition) is 2. The number of hydrogen-bond acceptors (Lipinski definition) is 6. The fourth-order valence-electron chi connectivity index (χ4n) is 6.38. The van der Waals surface area contributed by atoms with Crippen LogP contribution in [0.2, 0.25) is 0 Å². The van der Waals surface area contributed by atoms with E-state index in [1.165, 1.54) is 12.1 Å². The van der Waals surface area contributed by atoms with Crippen molar-refractivity contribution in [2.24, 2.45) is 0 Å². The van der Waals surface area contributed by atoms with Gasteiger partial charge in [0.1, 0.15) is 29.2 Å². The second-order valence-corrected chi connectivity index (χ2v) is 11.6. The zero-order chi connectivity index (χ0) is 30.6. The summed E-state index contributed by atoms with van der Waals surface area (Å²) in [5.41, 5.74) is 1.89. The molecule has 2 N–H and O–H groups in total. The molecule has 3 aliphatic heterocycles. The lowest BCUT2D eigenvalue weighted by atomic mass is 9.96. The molecule has 1 aromatic heterocycles. The zero-order valence-corrected chi connectivity index (χ0v) is 24.0. The normalized spacial score (nSPS) is 22.2. The first kappa shape index (κ1) is 28.4. The summed E-state index contributed by atoms with van der Waals surface area (Å²) in [5.74, 6) is 1.53. The lowest BCUT2D eigenvalue weighted by molar-refractivity contribution is -0.137. The summed E-state index contributed by atoms with van der Waals surface area (Å²) in [7, 11) is 0. The SMILES string of the molecule is CCN1CCC(=Cc2ccc(C(=O)NC3C4Oc5ccc(Oc6ccnc7c6CCC(=O)N7)cc5[C@@H]34)cc2C(F)(F)F)CC1. The van der Waals surface area contributed by atoms with Gasteiger partial charge < -0.3 is 25.0 Å². The highest BCUT2D eigenvalue weighted by molar-refractivity contribution is 5.95. The van der Waals surface area contributed by atoms with Crippen molar-refractivity contribution in [2.75, 3.05) is 25.0 Å². The molecule has 44 heavy (non-hydrogen) atoms. The van der Waals surface area contributed by atoms with Gasteiger partial charge in [0.15, 0.2) is 0 Å². The molecule has 2 amide bonds. The van der Waals surface area contributed by atoms with E-state index in [0.29, 0.717) is 35.9 Å². The van der Waals surface area contributed by atoms with Crippen LogP contribution in [0.3, 0.4) is 0 Å². The first-order valence-corrected chi connectivity index (χ1v) is 14.9. The maximum atomic E-state index is 14.1.